The highest BCUT2D eigenvalue weighted by atomic mass is 32.1. The van der Waals surface area contributed by atoms with Crippen LogP contribution in [0.3, 0.4) is 0 Å². The molecule has 0 fully saturated rings. The monoisotopic (exact) mass is 275 g/mol. The van der Waals surface area contributed by atoms with Crippen LogP contribution in [0.15, 0.2) is 24.3 Å². The lowest BCUT2D eigenvalue weighted by Crippen LogP contribution is -2.00. The molecule has 0 spiro atoms. The summed E-state index contributed by atoms with van der Waals surface area (Å²) in [5, 5.41) is 0.954. The van der Waals surface area contributed by atoms with Crippen LogP contribution in [0.2, 0.25) is 0 Å². The Morgan fingerprint density at radius 1 is 1.26 bits per heavy atom. The number of nitrogens with zero attached hydrogens (tertiary/aromatic N) is 1. The molecule has 0 aliphatic rings. The average Bonchev–Trinajstić information content (AvgIpc) is 2.73. The third kappa shape index (κ3) is 3.64. The van der Waals surface area contributed by atoms with E-state index in [-0.39, 0.29) is 5.78 Å². The molecule has 0 aliphatic carbocycles. The van der Waals surface area contributed by atoms with Crippen LogP contribution in [0, 0.1) is 13.8 Å². The molecule has 0 bridgehead atoms. The Hall–Kier alpha value is -1.68. The van der Waals surface area contributed by atoms with Crippen LogP contribution in [0.1, 0.15) is 32.9 Å². The van der Waals surface area contributed by atoms with Crippen molar-refractivity contribution in [2.75, 3.05) is 6.61 Å². The van der Waals surface area contributed by atoms with E-state index in [0.29, 0.717) is 6.61 Å². The lowest BCUT2D eigenvalue weighted by atomic mass is 10.2. The minimum atomic E-state index is 0.0840. The molecular formula is C15H17NO2S. The highest BCUT2D eigenvalue weighted by Crippen LogP contribution is 2.19. The van der Waals surface area contributed by atoms with Crippen LogP contribution >= 0.6 is 11.3 Å². The predicted octanol–water partition coefficient (Wildman–Crippen LogP) is 3.58. The molecule has 2 rings (SSSR count). The maximum absolute atomic E-state index is 11.3. The van der Waals surface area contributed by atoms with Gasteiger partial charge in [-0.1, -0.05) is 17.7 Å². The number of aryl methyl sites for hydroxylation is 2. The van der Waals surface area contributed by atoms with Gasteiger partial charge in [-0.15, -0.1) is 11.3 Å². The molecule has 0 unspecified atom stereocenters. The molecule has 1 aromatic heterocycles. The lowest BCUT2D eigenvalue weighted by molar-refractivity contribution is 0.102. The lowest BCUT2D eigenvalue weighted by Gasteiger charge is -2.04. The van der Waals surface area contributed by atoms with Crippen molar-refractivity contribution in [1.29, 1.82) is 0 Å². The van der Waals surface area contributed by atoms with Gasteiger partial charge < -0.3 is 4.74 Å². The second-order valence-electron chi connectivity index (χ2n) is 4.49. The fourth-order valence-electron chi connectivity index (χ4n) is 1.78. The minimum Gasteiger partial charge on any atom is -0.493 e. The van der Waals surface area contributed by atoms with Gasteiger partial charge in [0.25, 0.3) is 0 Å². The predicted molar refractivity (Wildman–Crippen MR) is 77.2 cm³/mol. The zero-order valence-electron chi connectivity index (χ0n) is 11.4. The standard InChI is InChI=1S/C15H17NO2S/c1-10-4-6-13(7-5-10)18-9-8-14-16-11(2)15(19-14)12(3)17/h4-7H,8-9H2,1-3H3. The quantitative estimate of drug-likeness (QED) is 0.783. The van der Waals surface area contributed by atoms with Gasteiger partial charge in [-0.25, -0.2) is 4.98 Å². The van der Waals surface area contributed by atoms with Crippen LogP contribution in [0.5, 0.6) is 5.75 Å². The van der Waals surface area contributed by atoms with Gasteiger partial charge in [0.1, 0.15) is 5.75 Å². The zero-order valence-corrected chi connectivity index (χ0v) is 12.2. The van der Waals surface area contributed by atoms with E-state index in [1.54, 1.807) is 6.92 Å². The number of carbonyl (C=O) groups is 1. The molecule has 0 amide bonds. The summed E-state index contributed by atoms with van der Waals surface area (Å²) in [6, 6.07) is 7.97. The van der Waals surface area contributed by atoms with E-state index in [0.717, 1.165) is 27.7 Å². The number of carbonyl (C=O) groups excluding carboxylic acids is 1. The number of ether oxygens (including phenoxy) is 1. The zero-order chi connectivity index (χ0) is 13.8. The molecule has 3 nitrogen and oxygen atoms in total. The largest absolute Gasteiger partial charge is 0.493 e. The molecule has 0 atom stereocenters. The van der Waals surface area contributed by atoms with E-state index in [9.17, 15) is 4.79 Å². The Morgan fingerprint density at radius 2 is 1.95 bits per heavy atom. The third-order valence-corrected chi connectivity index (χ3v) is 4.08. The van der Waals surface area contributed by atoms with Crippen molar-refractivity contribution in [2.45, 2.75) is 27.2 Å². The summed E-state index contributed by atoms with van der Waals surface area (Å²) in [6.45, 7) is 6.07. The van der Waals surface area contributed by atoms with Gasteiger partial charge >= 0.3 is 0 Å². The Morgan fingerprint density at radius 3 is 2.53 bits per heavy atom. The molecular weight excluding hydrogens is 258 g/mol. The molecule has 1 aromatic carbocycles. The number of hydrogen-bond acceptors (Lipinski definition) is 4. The molecule has 1 heterocycles. The average molecular weight is 275 g/mol. The summed E-state index contributed by atoms with van der Waals surface area (Å²) in [6.07, 6.45) is 0.729. The van der Waals surface area contributed by atoms with Crippen molar-refractivity contribution >= 4 is 17.1 Å². The van der Waals surface area contributed by atoms with E-state index in [4.69, 9.17) is 4.74 Å². The van der Waals surface area contributed by atoms with Gasteiger partial charge in [0.2, 0.25) is 0 Å². The van der Waals surface area contributed by atoms with Crippen molar-refractivity contribution in [3.63, 3.8) is 0 Å². The first-order valence-corrected chi connectivity index (χ1v) is 7.04. The number of ketones is 1. The number of hydrogen-bond donors (Lipinski definition) is 0. The van der Waals surface area contributed by atoms with Gasteiger partial charge in [-0.2, -0.15) is 0 Å². The second kappa shape index (κ2) is 5.97. The van der Waals surface area contributed by atoms with Crippen LogP contribution in [-0.2, 0) is 6.42 Å². The Balaban J connectivity index is 1.90. The van der Waals surface area contributed by atoms with E-state index in [1.165, 1.54) is 16.9 Å². The maximum Gasteiger partial charge on any atom is 0.171 e. The number of thiazole rings is 1. The van der Waals surface area contributed by atoms with Crippen LogP contribution < -0.4 is 4.74 Å². The molecule has 100 valence electrons. The summed E-state index contributed by atoms with van der Waals surface area (Å²) in [4.78, 5) is 16.5. The molecule has 0 N–H and O–H groups in total. The number of rotatable bonds is 5. The molecule has 0 radical (unpaired) electrons. The molecule has 0 saturated carbocycles. The molecule has 2 aromatic rings. The summed E-state index contributed by atoms with van der Waals surface area (Å²) in [7, 11) is 0. The van der Waals surface area contributed by atoms with Crippen LogP contribution in [0.4, 0.5) is 0 Å². The van der Waals surface area contributed by atoms with Crippen LogP contribution in [0.25, 0.3) is 0 Å². The van der Waals surface area contributed by atoms with Crippen LogP contribution in [-0.4, -0.2) is 17.4 Å². The Labute approximate surface area is 117 Å². The SMILES string of the molecule is CC(=O)c1sc(CCOc2ccc(C)cc2)nc1C. The summed E-state index contributed by atoms with van der Waals surface area (Å²) in [5.74, 6) is 0.950. The summed E-state index contributed by atoms with van der Waals surface area (Å²) < 4.78 is 5.66. The third-order valence-electron chi connectivity index (χ3n) is 2.77. The van der Waals surface area contributed by atoms with Crippen molar-refractivity contribution < 1.29 is 9.53 Å². The molecule has 0 aliphatic heterocycles. The first-order chi connectivity index (χ1) is 9.06. The van der Waals surface area contributed by atoms with Gasteiger partial charge in [0.05, 0.1) is 22.2 Å². The molecule has 4 heteroatoms. The Bertz CT molecular complexity index is 572. The number of aromatic nitrogens is 1. The fourth-order valence-corrected chi connectivity index (χ4v) is 2.72. The van der Waals surface area contributed by atoms with E-state index in [1.807, 2.05) is 38.1 Å². The second-order valence-corrected chi connectivity index (χ2v) is 5.57. The van der Waals surface area contributed by atoms with Gasteiger partial charge in [-0.05, 0) is 26.0 Å². The first-order valence-electron chi connectivity index (χ1n) is 6.23. The van der Waals surface area contributed by atoms with Gasteiger partial charge in [-0.3, -0.25) is 4.79 Å². The van der Waals surface area contributed by atoms with Crippen molar-refractivity contribution in [3.05, 3.63) is 45.4 Å². The number of Topliss-reactive ketones (excluding diaryl/α,β-unsaturated/α-hetero) is 1. The fraction of sp³-hybridized carbons (Fsp3) is 0.333. The highest BCUT2D eigenvalue weighted by Gasteiger charge is 2.11. The van der Waals surface area contributed by atoms with Crippen molar-refractivity contribution in [1.82, 2.24) is 4.98 Å². The number of benzene rings is 1. The van der Waals surface area contributed by atoms with Gasteiger partial charge in [0.15, 0.2) is 5.78 Å². The maximum atomic E-state index is 11.3. The van der Waals surface area contributed by atoms with E-state index >= 15 is 0 Å². The smallest absolute Gasteiger partial charge is 0.171 e. The first kappa shape index (κ1) is 13.7. The minimum absolute atomic E-state index is 0.0840. The molecule has 19 heavy (non-hydrogen) atoms. The molecule has 0 saturated heterocycles. The normalized spacial score (nSPS) is 10.5. The van der Waals surface area contributed by atoms with E-state index < -0.39 is 0 Å². The summed E-state index contributed by atoms with van der Waals surface area (Å²) in [5.41, 5.74) is 2.04. The highest BCUT2D eigenvalue weighted by molar-refractivity contribution is 7.13. The van der Waals surface area contributed by atoms with Gasteiger partial charge in [0, 0.05) is 13.3 Å². The Kier molecular flexibility index (Phi) is 4.32. The van der Waals surface area contributed by atoms with E-state index in [2.05, 4.69) is 4.98 Å². The van der Waals surface area contributed by atoms with Crippen molar-refractivity contribution in [2.24, 2.45) is 0 Å². The summed E-state index contributed by atoms with van der Waals surface area (Å²) >= 11 is 1.46. The van der Waals surface area contributed by atoms with Crippen molar-refractivity contribution in [3.8, 4) is 5.75 Å². The topological polar surface area (TPSA) is 39.2 Å².